The van der Waals surface area contributed by atoms with Gasteiger partial charge in [0.1, 0.15) is 12.4 Å². The van der Waals surface area contributed by atoms with Crippen molar-refractivity contribution < 1.29 is 17.9 Å². The summed E-state index contributed by atoms with van der Waals surface area (Å²) in [6.07, 6.45) is 0.683. The number of amides is 2. The Kier molecular flexibility index (Phi) is 9.12. The maximum atomic E-state index is 13.3. The number of nitrogens with one attached hydrogen (secondary N) is 1. The van der Waals surface area contributed by atoms with E-state index in [0.29, 0.717) is 31.0 Å². The van der Waals surface area contributed by atoms with E-state index in [0.717, 1.165) is 32.5 Å². The summed E-state index contributed by atoms with van der Waals surface area (Å²) in [5, 5.41) is 3.13. The van der Waals surface area contributed by atoms with Crippen molar-refractivity contribution in [3.63, 3.8) is 0 Å². The summed E-state index contributed by atoms with van der Waals surface area (Å²) in [6.45, 7) is 7.27. The molecule has 3 aromatic carbocycles. The van der Waals surface area contributed by atoms with E-state index in [-0.39, 0.29) is 25.2 Å². The molecule has 2 amide bonds. The topological polar surface area (TPSA) is 79.0 Å². The van der Waals surface area contributed by atoms with Gasteiger partial charge in [0.05, 0.1) is 10.9 Å². The predicted octanol–water partition coefficient (Wildman–Crippen LogP) is 5.81. The highest BCUT2D eigenvalue weighted by atomic mass is 79.9. The summed E-state index contributed by atoms with van der Waals surface area (Å²) in [4.78, 5) is 15.2. The SMILES string of the molecule is CCC(NC(=O)N1CCN(S(=O)(=O)c2cc(C)ccc2C)CC1)c1ccccc1OCc1ccccc1Br. The highest BCUT2D eigenvalue weighted by Gasteiger charge is 2.32. The van der Waals surface area contributed by atoms with Gasteiger partial charge in [0.2, 0.25) is 10.0 Å². The highest BCUT2D eigenvalue weighted by molar-refractivity contribution is 9.10. The second-order valence-corrected chi connectivity index (χ2v) is 12.2. The number of nitrogens with zero attached hydrogens (tertiary/aromatic N) is 2. The minimum atomic E-state index is -3.62. The van der Waals surface area contributed by atoms with E-state index in [1.165, 1.54) is 4.31 Å². The molecule has 0 aromatic heterocycles. The number of halogens is 1. The molecule has 0 radical (unpaired) electrons. The lowest BCUT2D eigenvalue weighted by Crippen LogP contribution is -2.53. The molecule has 1 N–H and O–H groups in total. The van der Waals surface area contributed by atoms with E-state index in [9.17, 15) is 13.2 Å². The predicted molar refractivity (Wildman–Crippen MR) is 153 cm³/mol. The van der Waals surface area contributed by atoms with Crippen molar-refractivity contribution in [2.24, 2.45) is 0 Å². The smallest absolute Gasteiger partial charge is 0.317 e. The number of urea groups is 1. The number of aryl methyl sites for hydroxylation is 2. The molecular formula is C29H34BrN3O4S. The van der Waals surface area contributed by atoms with Crippen molar-refractivity contribution in [2.45, 2.75) is 44.7 Å². The van der Waals surface area contributed by atoms with Crippen LogP contribution >= 0.6 is 15.9 Å². The molecule has 0 bridgehead atoms. The second kappa shape index (κ2) is 12.3. The van der Waals surface area contributed by atoms with Gasteiger partial charge in [0.25, 0.3) is 0 Å². The first-order valence-electron chi connectivity index (χ1n) is 12.8. The fourth-order valence-corrected chi connectivity index (χ4v) is 6.70. The number of hydrogen-bond donors (Lipinski definition) is 1. The standard InChI is InChI=1S/C29H34BrN3O4S/c1-4-26(24-10-6-8-12-27(24)37-20-23-9-5-7-11-25(23)30)31-29(34)32-15-17-33(18-16-32)38(35,36)28-19-21(2)13-14-22(28)3/h5-14,19,26H,4,15-18,20H2,1-3H3,(H,31,34). The summed E-state index contributed by atoms with van der Waals surface area (Å²) in [7, 11) is -3.62. The van der Waals surface area contributed by atoms with Gasteiger partial charge < -0.3 is 15.0 Å². The Balaban J connectivity index is 1.40. The quantitative estimate of drug-likeness (QED) is 0.354. The largest absolute Gasteiger partial charge is 0.489 e. The highest BCUT2D eigenvalue weighted by Crippen LogP contribution is 2.29. The molecule has 1 aliphatic heterocycles. The Bertz CT molecular complexity index is 1390. The van der Waals surface area contributed by atoms with Gasteiger partial charge >= 0.3 is 6.03 Å². The molecule has 1 heterocycles. The van der Waals surface area contributed by atoms with Crippen molar-refractivity contribution in [2.75, 3.05) is 26.2 Å². The minimum absolute atomic E-state index is 0.207. The van der Waals surface area contributed by atoms with E-state index in [2.05, 4.69) is 21.2 Å². The summed E-state index contributed by atoms with van der Waals surface area (Å²) in [6, 6.07) is 20.7. The maximum absolute atomic E-state index is 13.3. The molecular weight excluding hydrogens is 566 g/mol. The first-order chi connectivity index (χ1) is 18.2. The lowest BCUT2D eigenvalue weighted by Gasteiger charge is -2.35. The van der Waals surface area contributed by atoms with Crippen LogP contribution in [0.2, 0.25) is 0 Å². The summed E-state index contributed by atoms with van der Waals surface area (Å²) in [5.74, 6) is 0.722. The zero-order chi connectivity index (χ0) is 27.3. The number of benzene rings is 3. The molecule has 9 heteroatoms. The third kappa shape index (κ3) is 6.39. The fraction of sp³-hybridized carbons (Fsp3) is 0.345. The number of piperazine rings is 1. The van der Waals surface area contributed by atoms with E-state index in [4.69, 9.17) is 4.74 Å². The Hall–Kier alpha value is -2.88. The van der Waals surface area contributed by atoms with Crippen molar-refractivity contribution in [3.8, 4) is 5.75 Å². The van der Waals surface area contributed by atoms with Crippen LogP contribution in [0.5, 0.6) is 5.75 Å². The zero-order valence-corrected chi connectivity index (χ0v) is 24.4. The number of hydrogen-bond acceptors (Lipinski definition) is 4. The second-order valence-electron chi connectivity index (χ2n) is 9.49. The molecule has 3 aromatic rings. The van der Waals surface area contributed by atoms with Gasteiger partial charge in [-0.1, -0.05) is 71.4 Å². The Morgan fingerprint density at radius 3 is 2.39 bits per heavy atom. The van der Waals surface area contributed by atoms with E-state index >= 15 is 0 Å². The lowest BCUT2D eigenvalue weighted by molar-refractivity contribution is 0.168. The number of sulfonamides is 1. The molecule has 4 rings (SSSR count). The van der Waals surface area contributed by atoms with Gasteiger partial charge in [-0.25, -0.2) is 13.2 Å². The number of ether oxygens (including phenoxy) is 1. The molecule has 0 aliphatic carbocycles. The number of para-hydroxylation sites is 1. The molecule has 0 saturated carbocycles. The van der Waals surface area contributed by atoms with E-state index in [1.54, 1.807) is 17.9 Å². The number of carbonyl (C=O) groups is 1. The van der Waals surface area contributed by atoms with Crippen LogP contribution in [0.4, 0.5) is 4.79 Å². The van der Waals surface area contributed by atoms with Crippen LogP contribution in [0, 0.1) is 13.8 Å². The van der Waals surface area contributed by atoms with Crippen molar-refractivity contribution in [3.05, 3.63) is 93.5 Å². The molecule has 202 valence electrons. The van der Waals surface area contributed by atoms with Gasteiger partial charge in [-0.05, 0) is 49.6 Å². The van der Waals surface area contributed by atoms with Gasteiger partial charge in [-0.2, -0.15) is 4.31 Å². The van der Waals surface area contributed by atoms with Crippen LogP contribution in [-0.4, -0.2) is 49.8 Å². The van der Waals surface area contributed by atoms with Crippen molar-refractivity contribution in [1.82, 2.24) is 14.5 Å². The first-order valence-corrected chi connectivity index (χ1v) is 15.0. The molecule has 1 fully saturated rings. The Morgan fingerprint density at radius 1 is 1.00 bits per heavy atom. The zero-order valence-electron chi connectivity index (χ0n) is 22.0. The molecule has 0 spiro atoms. The summed E-state index contributed by atoms with van der Waals surface area (Å²) >= 11 is 3.56. The number of rotatable bonds is 8. The normalized spacial score (nSPS) is 15.2. The van der Waals surface area contributed by atoms with Crippen LogP contribution < -0.4 is 10.1 Å². The minimum Gasteiger partial charge on any atom is -0.489 e. The van der Waals surface area contributed by atoms with Crippen LogP contribution in [-0.2, 0) is 16.6 Å². The van der Waals surface area contributed by atoms with E-state index < -0.39 is 10.0 Å². The molecule has 1 aliphatic rings. The van der Waals surface area contributed by atoms with Gasteiger partial charge in [-0.15, -0.1) is 0 Å². The molecule has 38 heavy (non-hydrogen) atoms. The van der Waals surface area contributed by atoms with Crippen molar-refractivity contribution in [1.29, 1.82) is 0 Å². The van der Waals surface area contributed by atoms with Crippen molar-refractivity contribution >= 4 is 32.0 Å². The maximum Gasteiger partial charge on any atom is 0.317 e. The third-order valence-corrected chi connectivity index (χ3v) is 9.64. The lowest BCUT2D eigenvalue weighted by atomic mass is 10.0. The average molecular weight is 601 g/mol. The van der Waals surface area contributed by atoms with Gasteiger partial charge in [0.15, 0.2) is 0 Å². The molecule has 1 unspecified atom stereocenters. The van der Waals surface area contributed by atoms with Crippen LogP contribution in [0.25, 0.3) is 0 Å². The average Bonchev–Trinajstić information content (AvgIpc) is 2.92. The van der Waals surface area contributed by atoms with E-state index in [1.807, 2.05) is 74.5 Å². The molecule has 7 nitrogen and oxygen atoms in total. The van der Waals surface area contributed by atoms with Gasteiger partial charge in [-0.3, -0.25) is 0 Å². The van der Waals surface area contributed by atoms with Gasteiger partial charge in [0, 0.05) is 41.8 Å². The Morgan fingerprint density at radius 2 is 1.68 bits per heavy atom. The summed E-state index contributed by atoms with van der Waals surface area (Å²) in [5.41, 5.74) is 3.57. The fourth-order valence-electron chi connectivity index (χ4n) is 4.57. The molecule has 1 saturated heterocycles. The number of carbonyl (C=O) groups excluding carboxylic acids is 1. The monoisotopic (exact) mass is 599 g/mol. The first kappa shape index (κ1) is 28.1. The Labute approximate surface area is 234 Å². The molecule has 1 atom stereocenters. The third-order valence-electron chi connectivity index (χ3n) is 6.83. The van der Waals surface area contributed by atoms with Crippen LogP contribution in [0.15, 0.2) is 76.1 Å². The summed E-state index contributed by atoms with van der Waals surface area (Å²) < 4.78 is 35.1. The van der Waals surface area contributed by atoms with Crippen LogP contribution in [0.1, 0.15) is 41.6 Å². The van der Waals surface area contributed by atoms with Crippen LogP contribution in [0.3, 0.4) is 0 Å².